The predicted molar refractivity (Wildman–Crippen MR) is 126 cm³/mol. The topological polar surface area (TPSA) is 137 Å². The van der Waals surface area contributed by atoms with Crippen LogP contribution in [0.3, 0.4) is 0 Å². The number of carbonyl (C=O) groups excluding carboxylic acids is 5. The van der Waals surface area contributed by atoms with E-state index in [1.54, 1.807) is 64.1 Å². The van der Waals surface area contributed by atoms with Crippen molar-refractivity contribution in [3.05, 3.63) is 59.7 Å². The summed E-state index contributed by atoms with van der Waals surface area (Å²) in [6.45, 7) is 7.09. The van der Waals surface area contributed by atoms with Crippen LogP contribution in [0.5, 0.6) is 0 Å². The highest BCUT2D eigenvalue weighted by atomic mass is 16.2. The van der Waals surface area contributed by atoms with E-state index in [4.69, 9.17) is 0 Å². The first kappa shape index (κ1) is 24.3. The second kappa shape index (κ2) is 9.65. The van der Waals surface area contributed by atoms with Crippen LogP contribution < -0.4 is 21.0 Å². The molecule has 2 aromatic carbocycles. The molecule has 0 radical (unpaired) electrons. The Morgan fingerprint density at radius 3 is 2.29 bits per heavy atom. The van der Waals surface area contributed by atoms with Crippen molar-refractivity contribution in [1.82, 2.24) is 10.7 Å². The minimum Gasteiger partial charge on any atom is -0.326 e. The number of urea groups is 1. The first-order valence-corrected chi connectivity index (χ1v) is 10.5. The van der Waals surface area contributed by atoms with E-state index in [9.17, 15) is 24.0 Å². The van der Waals surface area contributed by atoms with Crippen molar-refractivity contribution in [2.24, 2.45) is 16.4 Å². The lowest BCUT2D eigenvalue weighted by molar-refractivity contribution is -0.131. The fourth-order valence-electron chi connectivity index (χ4n) is 3.02. The number of hydrogen-bond acceptors (Lipinski definition) is 6. The number of hydrazone groups is 1. The molecule has 0 bridgehead atoms. The molecule has 1 aliphatic rings. The SMILES string of the molecule is Cc1ccccc1N1C(=O)NC(=O)[C@H](/C=N\NC(=O)c2ccc(NC(=O)C(C)(C)C)cc2)C1=O. The number of imide groups is 2. The Bertz CT molecular complexity index is 1180. The van der Waals surface area contributed by atoms with Gasteiger partial charge in [0.25, 0.3) is 11.8 Å². The molecule has 3 N–H and O–H groups in total. The van der Waals surface area contributed by atoms with Crippen molar-refractivity contribution in [3.8, 4) is 0 Å². The molecule has 3 rings (SSSR count). The maximum Gasteiger partial charge on any atom is 0.335 e. The summed E-state index contributed by atoms with van der Waals surface area (Å²) in [7, 11) is 0. The second-order valence-corrected chi connectivity index (χ2v) is 8.73. The van der Waals surface area contributed by atoms with Gasteiger partial charge in [0.2, 0.25) is 11.8 Å². The van der Waals surface area contributed by atoms with E-state index in [-0.39, 0.29) is 11.5 Å². The van der Waals surface area contributed by atoms with Gasteiger partial charge in [-0.05, 0) is 42.8 Å². The van der Waals surface area contributed by atoms with Crippen molar-refractivity contribution in [2.45, 2.75) is 27.7 Å². The van der Waals surface area contributed by atoms with E-state index >= 15 is 0 Å². The van der Waals surface area contributed by atoms with Crippen molar-refractivity contribution < 1.29 is 24.0 Å². The lowest BCUT2D eigenvalue weighted by Crippen LogP contribution is -2.59. The van der Waals surface area contributed by atoms with E-state index in [0.29, 0.717) is 16.9 Å². The molecule has 10 nitrogen and oxygen atoms in total. The van der Waals surface area contributed by atoms with Gasteiger partial charge in [0.1, 0.15) is 0 Å². The molecule has 0 spiro atoms. The number of hydrogen-bond donors (Lipinski definition) is 3. The summed E-state index contributed by atoms with van der Waals surface area (Å²) >= 11 is 0. The lowest BCUT2D eigenvalue weighted by atomic mass is 9.95. The minimum absolute atomic E-state index is 0.164. The number of barbiturate groups is 1. The average molecular weight is 463 g/mol. The highest BCUT2D eigenvalue weighted by Crippen LogP contribution is 2.23. The largest absolute Gasteiger partial charge is 0.335 e. The van der Waals surface area contributed by atoms with Gasteiger partial charge in [0, 0.05) is 22.9 Å². The van der Waals surface area contributed by atoms with Gasteiger partial charge >= 0.3 is 6.03 Å². The summed E-state index contributed by atoms with van der Waals surface area (Å²) in [5.41, 5.74) is 3.50. The number of nitrogens with zero attached hydrogens (tertiary/aromatic N) is 2. The lowest BCUT2D eigenvalue weighted by Gasteiger charge is -2.29. The van der Waals surface area contributed by atoms with Crippen LogP contribution in [-0.4, -0.2) is 35.9 Å². The number of anilines is 2. The number of benzene rings is 2. The van der Waals surface area contributed by atoms with Gasteiger partial charge in [-0.3, -0.25) is 24.5 Å². The maximum atomic E-state index is 12.8. The third-order valence-electron chi connectivity index (χ3n) is 5.03. The van der Waals surface area contributed by atoms with Gasteiger partial charge in [0.05, 0.1) is 5.69 Å². The van der Waals surface area contributed by atoms with E-state index in [1.807, 2.05) is 0 Å². The molecule has 1 saturated heterocycles. The quantitative estimate of drug-likeness (QED) is 0.356. The first-order chi connectivity index (χ1) is 16.0. The second-order valence-electron chi connectivity index (χ2n) is 8.73. The summed E-state index contributed by atoms with van der Waals surface area (Å²) in [5.74, 6) is -3.76. The Labute approximate surface area is 196 Å². The Morgan fingerprint density at radius 2 is 1.68 bits per heavy atom. The minimum atomic E-state index is -1.40. The smallest absolute Gasteiger partial charge is 0.326 e. The number of carbonyl (C=O) groups is 5. The van der Waals surface area contributed by atoms with Crippen LogP contribution in [0.2, 0.25) is 0 Å². The fourth-order valence-corrected chi connectivity index (χ4v) is 3.02. The molecular formula is C24H25N5O5. The molecule has 176 valence electrons. The zero-order chi connectivity index (χ0) is 25.0. The standard InChI is InChI=1S/C24H25N5O5/c1-14-7-5-6-8-18(14)29-21(32)17(20(31)27-23(29)34)13-25-28-19(30)15-9-11-16(12-10-15)26-22(33)24(2,3)4/h5-13,17H,1-4H3,(H,26,33)(H,28,30)(H,27,31,34)/b25-13-/t17-/m0/s1. The van der Waals surface area contributed by atoms with Crippen molar-refractivity contribution in [1.29, 1.82) is 0 Å². The highest BCUT2D eigenvalue weighted by Gasteiger charge is 2.41. The molecule has 10 heteroatoms. The van der Waals surface area contributed by atoms with E-state index in [1.165, 1.54) is 12.1 Å². The molecule has 0 aliphatic carbocycles. The van der Waals surface area contributed by atoms with E-state index < -0.39 is 35.1 Å². The predicted octanol–water partition coefficient (Wildman–Crippen LogP) is 2.59. The maximum absolute atomic E-state index is 12.8. The molecule has 0 aromatic heterocycles. The number of nitrogens with one attached hydrogen (secondary N) is 3. The van der Waals surface area contributed by atoms with Gasteiger partial charge in [-0.25, -0.2) is 15.1 Å². The van der Waals surface area contributed by atoms with Gasteiger partial charge in [-0.15, -0.1) is 0 Å². The van der Waals surface area contributed by atoms with Crippen LogP contribution >= 0.6 is 0 Å². The Morgan fingerprint density at radius 1 is 1.03 bits per heavy atom. The average Bonchev–Trinajstić information content (AvgIpc) is 2.77. The summed E-state index contributed by atoms with van der Waals surface area (Å²) in [5, 5.41) is 8.62. The number of rotatable bonds is 5. The molecule has 1 fully saturated rings. The van der Waals surface area contributed by atoms with Crippen LogP contribution in [-0.2, 0) is 14.4 Å². The number of para-hydroxylation sites is 1. The van der Waals surface area contributed by atoms with E-state index in [0.717, 1.165) is 11.1 Å². The highest BCUT2D eigenvalue weighted by molar-refractivity contribution is 6.32. The Kier molecular flexibility index (Phi) is 6.90. The zero-order valence-electron chi connectivity index (χ0n) is 19.2. The Hall–Kier alpha value is -4.34. The molecule has 1 heterocycles. The summed E-state index contributed by atoms with van der Waals surface area (Å²) < 4.78 is 0. The van der Waals surface area contributed by atoms with Gasteiger partial charge < -0.3 is 5.32 Å². The summed E-state index contributed by atoms with van der Waals surface area (Å²) in [6.07, 6.45) is 0.977. The third-order valence-corrected chi connectivity index (χ3v) is 5.03. The molecule has 0 unspecified atom stereocenters. The van der Waals surface area contributed by atoms with Crippen LogP contribution in [0.4, 0.5) is 16.2 Å². The fraction of sp³-hybridized carbons (Fsp3) is 0.250. The van der Waals surface area contributed by atoms with Crippen molar-refractivity contribution in [2.75, 3.05) is 10.2 Å². The zero-order valence-corrected chi connectivity index (χ0v) is 19.2. The molecular weight excluding hydrogens is 438 g/mol. The molecule has 0 saturated carbocycles. The van der Waals surface area contributed by atoms with Crippen molar-refractivity contribution in [3.63, 3.8) is 0 Å². The molecule has 1 aliphatic heterocycles. The van der Waals surface area contributed by atoms with Gasteiger partial charge in [-0.1, -0.05) is 39.0 Å². The van der Waals surface area contributed by atoms with Crippen LogP contribution in [0.15, 0.2) is 53.6 Å². The summed E-state index contributed by atoms with van der Waals surface area (Å²) in [4.78, 5) is 62.6. The molecule has 2 aromatic rings. The van der Waals surface area contributed by atoms with Crippen LogP contribution in [0.25, 0.3) is 0 Å². The van der Waals surface area contributed by atoms with E-state index in [2.05, 4.69) is 21.2 Å². The normalized spacial score (nSPS) is 16.4. The summed E-state index contributed by atoms with van der Waals surface area (Å²) in [6, 6.07) is 12.1. The van der Waals surface area contributed by atoms with Crippen LogP contribution in [0, 0.1) is 18.3 Å². The number of aryl methyl sites for hydroxylation is 1. The number of amides is 6. The molecule has 6 amide bonds. The van der Waals surface area contributed by atoms with Gasteiger partial charge in [-0.2, -0.15) is 5.10 Å². The third kappa shape index (κ3) is 5.34. The molecule has 34 heavy (non-hydrogen) atoms. The first-order valence-electron chi connectivity index (χ1n) is 10.5. The molecule has 1 atom stereocenters. The Balaban J connectivity index is 1.67. The van der Waals surface area contributed by atoms with Gasteiger partial charge in [0.15, 0.2) is 5.92 Å². The van der Waals surface area contributed by atoms with Crippen molar-refractivity contribution >= 4 is 47.2 Å². The van der Waals surface area contributed by atoms with Crippen LogP contribution in [0.1, 0.15) is 36.7 Å². The monoisotopic (exact) mass is 463 g/mol.